The van der Waals surface area contributed by atoms with Crippen molar-refractivity contribution in [3.8, 4) is 5.75 Å². The first kappa shape index (κ1) is 19.0. The summed E-state index contributed by atoms with van der Waals surface area (Å²) in [6.45, 7) is 7.88. The molecule has 8 heteroatoms. The molecule has 2 rings (SSSR count). The molecule has 0 radical (unpaired) electrons. The second kappa shape index (κ2) is 6.18. The Hall–Kier alpha value is -2.35. The summed E-state index contributed by atoms with van der Waals surface area (Å²) >= 11 is 0. The van der Waals surface area contributed by atoms with Crippen molar-refractivity contribution in [2.24, 2.45) is 14.1 Å². The number of hydrogen-bond donors (Lipinski definition) is 0. The van der Waals surface area contributed by atoms with Gasteiger partial charge in [-0.25, -0.2) is 4.79 Å². The summed E-state index contributed by atoms with van der Waals surface area (Å²) in [4.78, 5) is 23.3. The van der Waals surface area contributed by atoms with Crippen LogP contribution in [0.3, 0.4) is 0 Å². The largest absolute Gasteiger partial charge is 0.379 e. The van der Waals surface area contributed by atoms with E-state index in [0.717, 1.165) is 20.9 Å². The van der Waals surface area contributed by atoms with Crippen molar-refractivity contribution in [2.75, 3.05) is 0 Å². The standard InChI is InChI=1S/C17H22N2O5S/c1-11-9-12(17(2,3)4)7-8-13(11)24-25(22,23)14-10-18(5)16(21)19(6)15(14)20/h7-10H,1-6H3. The van der Waals surface area contributed by atoms with Crippen LogP contribution >= 0.6 is 0 Å². The first-order chi connectivity index (χ1) is 11.3. The van der Waals surface area contributed by atoms with Crippen molar-refractivity contribution in [2.45, 2.75) is 38.0 Å². The molecule has 0 aliphatic heterocycles. The van der Waals surface area contributed by atoms with Gasteiger partial charge in [0.1, 0.15) is 5.75 Å². The van der Waals surface area contributed by atoms with E-state index in [4.69, 9.17) is 4.18 Å². The van der Waals surface area contributed by atoms with Crippen LogP contribution in [0.1, 0.15) is 31.9 Å². The first-order valence-electron chi connectivity index (χ1n) is 7.67. The summed E-state index contributed by atoms with van der Waals surface area (Å²) in [5, 5.41) is 0. The monoisotopic (exact) mass is 366 g/mol. The molecule has 1 aromatic heterocycles. The van der Waals surface area contributed by atoms with Gasteiger partial charge >= 0.3 is 15.8 Å². The van der Waals surface area contributed by atoms with E-state index < -0.39 is 26.3 Å². The van der Waals surface area contributed by atoms with Gasteiger partial charge in [-0.2, -0.15) is 8.42 Å². The number of aryl methyl sites for hydroxylation is 2. The van der Waals surface area contributed by atoms with Crippen LogP contribution in [0.4, 0.5) is 0 Å². The molecule has 0 fully saturated rings. The summed E-state index contributed by atoms with van der Waals surface area (Å²) in [5.74, 6) is 0.143. The first-order valence-corrected chi connectivity index (χ1v) is 9.07. The van der Waals surface area contributed by atoms with Crippen LogP contribution < -0.4 is 15.4 Å². The van der Waals surface area contributed by atoms with E-state index in [2.05, 4.69) is 0 Å². The normalized spacial score (nSPS) is 12.2. The van der Waals surface area contributed by atoms with Crippen LogP contribution in [-0.2, 0) is 29.6 Å². The zero-order chi connectivity index (χ0) is 19.2. The maximum absolute atomic E-state index is 12.5. The summed E-state index contributed by atoms with van der Waals surface area (Å²) in [6.07, 6.45) is 0.971. The summed E-state index contributed by atoms with van der Waals surface area (Å²) in [6, 6.07) is 5.21. The molecular formula is C17H22N2O5S. The predicted molar refractivity (Wildman–Crippen MR) is 94.6 cm³/mol. The van der Waals surface area contributed by atoms with Crippen LogP contribution in [-0.4, -0.2) is 17.6 Å². The summed E-state index contributed by atoms with van der Waals surface area (Å²) in [7, 11) is -1.79. The van der Waals surface area contributed by atoms with E-state index in [0.29, 0.717) is 5.56 Å². The zero-order valence-electron chi connectivity index (χ0n) is 15.2. The fourth-order valence-corrected chi connectivity index (χ4v) is 3.47. The van der Waals surface area contributed by atoms with E-state index >= 15 is 0 Å². The second-order valence-electron chi connectivity index (χ2n) is 7.02. The predicted octanol–water partition coefficient (Wildman–Crippen LogP) is 1.46. The molecule has 0 spiro atoms. The fraction of sp³-hybridized carbons (Fsp3) is 0.412. The van der Waals surface area contributed by atoms with Crippen LogP contribution in [0.5, 0.6) is 5.75 Å². The van der Waals surface area contributed by atoms with Crippen LogP contribution in [0.25, 0.3) is 0 Å². The Labute approximate surface area is 146 Å². The Morgan fingerprint density at radius 2 is 1.68 bits per heavy atom. The van der Waals surface area contributed by atoms with Gasteiger partial charge in [-0.05, 0) is 29.5 Å². The third-order valence-corrected chi connectivity index (χ3v) is 5.14. The van der Waals surface area contributed by atoms with Crippen LogP contribution in [0.2, 0.25) is 0 Å². The molecule has 0 aliphatic carbocycles. The molecule has 1 heterocycles. The highest BCUT2D eigenvalue weighted by atomic mass is 32.2. The quantitative estimate of drug-likeness (QED) is 0.768. The van der Waals surface area contributed by atoms with Crippen molar-refractivity contribution >= 4 is 10.1 Å². The van der Waals surface area contributed by atoms with E-state index in [9.17, 15) is 18.0 Å². The van der Waals surface area contributed by atoms with E-state index in [-0.39, 0.29) is 11.2 Å². The minimum absolute atomic E-state index is 0.0875. The average molecular weight is 366 g/mol. The van der Waals surface area contributed by atoms with Crippen LogP contribution in [0, 0.1) is 6.92 Å². The molecule has 0 N–H and O–H groups in total. The Bertz CT molecular complexity index is 1040. The fourth-order valence-electron chi connectivity index (χ4n) is 2.32. The SMILES string of the molecule is Cc1cc(C(C)(C)C)ccc1OS(=O)(=O)c1cn(C)c(=O)n(C)c1=O. The summed E-state index contributed by atoms with van der Waals surface area (Å²) < 4.78 is 32.0. The molecule has 1 aromatic carbocycles. The highest BCUT2D eigenvalue weighted by Gasteiger charge is 2.25. The zero-order valence-corrected chi connectivity index (χ0v) is 16.0. The lowest BCUT2D eigenvalue weighted by Crippen LogP contribution is -2.39. The number of hydrogen-bond acceptors (Lipinski definition) is 5. The number of nitrogens with zero attached hydrogens (tertiary/aromatic N) is 2. The number of benzene rings is 1. The van der Waals surface area contributed by atoms with E-state index in [1.165, 1.54) is 14.1 Å². The highest BCUT2D eigenvalue weighted by molar-refractivity contribution is 7.87. The maximum Gasteiger partial charge on any atom is 0.346 e. The minimum atomic E-state index is -4.37. The molecule has 0 saturated heterocycles. The van der Waals surface area contributed by atoms with Gasteiger partial charge in [-0.15, -0.1) is 0 Å². The van der Waals surface area contributed by atoms with Crippen molar-refractivity contribution < 1.29 is 12.6 Å². The lowest BCUT2D eigenvalue weighted by Gasteiger charge is -2.20. The molecule has 0 bridgehead atoms. The van der Waals surface area contributed by atoms with Gasteiger partial charge in [0.05, 0.1) is 0 Å². The molecule has 0 atom stereocenters. The third kappa shape index (κ3) is 3.68. The van der Waals surface area contributed by atoms with Crippen molar-refractivity contribution in [3.63, 3.8) is 0 Å². The third-order valence-electron chi connectivity index (χ3n) is 3.92. The van der Waals surface area contributed by atoms with Crippen molar-refractivity contribution in [3.05, 3.63) is 56.4 Å². The van der Waals surface area contributed by atoms with Gasteiger partial charge < -0.3 is 8.75 Å². The van der Waals surface area contributed by atoms with Crippen molar-refractivity contribution in [1.29, 1.82) is 0 Å². The molecule has 0 amide bonds. The second-order valence-corrected chi connectivity index (χ2v) is 8.53. The van der Waals surface area contributed by atoms with Crippen molar-refractivity contribution in [1.82, 2.24) is 9.13 Å². The molecule has 0 aliphatic rings. The summed E-state index contributed by atoms with van der Waals surface area (Å²) in [5.41, 5.74) is 0.0441. The molecule has 7 nitrogen and oxygen atoms in total. The minimum Gasteiger partial charge on any atom is -0.379 e. The topological polar surface area (TPSA) is 87.4 Å². The molecule has 0 saturated carbocycles. The molecule has 136 valence electrons. The molecule has 2 aromatic rings. The van der Waals surface area contributed by atoms with Gasteiger partial charge in [0.15, 0.2) is 4.90 Å². The lowest BCUT2D eigenvalue weighted by atomic mass is 9.86. The Morgan fingerprint density at radius 3 is 2.20 bits per heavy atom. The van der Waals surface area contributed by atoms with Gasteiger partial charge in [0, 0.05) is 20.3 Å². The smallest absolute Gasteiger partial charge is 0.346 e. The Kier molecular flexibility index (Phi) is 4.69. The maximum atomic E-state index is 12.5. The van der Waals surface area contributed by atoms with E-state index in [1.54, 1.807) is 19.1 Å². The number of rotatable bonds is 3. The average Bonchev–Trinajstić information content (AvgIpc) is 2.49. The number of aromatic nitrogens is 2. The Balaban J connectivity index is 2.51. The van der Waals surface area contributed by atoms with Gasteiger partial charge in [0.2, 0.25) is 0 Å². The molecular weight excluding hydrogens is 344 g/mol. The lowest BCUT2D eigenvalue weighted by molar-refractivity contribution is 0.478. The Morgan fingerprint density at radius 1 is 1.08 bits per heavy atom. The van der Waals surface area contributed by atoms with Crippen LogP contribution in [0.15, 0.2) is 38.9 Å². The van der Waals surface area contributed by atoms with Gasteiger partial charge in [-0.1, -0.05) is 32.9 Å². The van der Waals surface area contributed by atoms with Gasteiger partial charge in [0.25, 0.3) is 5.56 Å². The molecule has 25 heavy (non-hydrogen) atoms. The van der Waals surface area contributed by atoms with Gasteiger partial charge in [-0.3, -0.25) is 9.36 Å². The molecule has 0 unspecified atom stereocenters. The van der Waals surface area contributed by atoms with E-state index in [1.807, 2.05) is 26.8 Å². The highest BCUT2D eigenvalue weighted by Crippen LogP contribution is 2.28.